The summed E-state index contributed by atoms with van der Waals surface area (Å²) in [7, 11) is 1.53. The summed E-state index contributed by atoms with van der Waals surface area (Å²) in [6, 6.07) is 13.3. The highest BCUT2D eigenvalue weighted by Crippen LogP contribution is 2.21. The maximum atomic E-state index is 13.5. The first kappa shape index (κ1) is 16.5. The van der Waals surface area contributed by atoms with Gasteiger partial charge in [0.1, 0.15) is 5.82 Å². The van der Waals surface area contributed by atoms with Crippen LogP contribution in [0, 0.1) is 17.7 Å². The first-order valence-electron chi connectivity index (χ1n) is 6.96. The fraction of sp³-hybridized carbons (Fsp3) is 0.105. The van der Waals surface area contributed by atoms with Crippen LogP contribution in [0.5, 0.6) is 0 Å². The Morgan fingerprint density at radius 2 is 1.91 bits per heavy atom. The summed E-state index contributed by atoms with van der Waals surface area (Å²) in [5.41, 5.74) is 1.68. The SMILES string of the molecule is C=C(CO)C(=O)N(C)c1ccc(F)cc1C#Cc1ccccc1. The lowest BCUT2D eigenvalue weighted by Crippen LogP contribution is -2.29. The highest BCUT2D eigenvalue weighted by atomic mass is 19.1. The molecule has 116 valence electrons. The molecule has 0 saturated heterocycles. The summed E-state index contributed by atoms with van der Waals surface area (Å²) in [6.45, 7) is 3.07. The van der Waals surface area contributed by atoms with Crippen LogP contribution in [-0.4, -0.2) is 24.7 Å². The lowest BCUT2D eigenvalue weighted by atomic mass is 10.1. The zero-order valence-electron chi connectivity index (χ0n) is 12.7. The average Bonchev–Trinajstić information content (AvgIpc) is 2.59. The minimum atomic E-state index is -0.443. The number of likely N-dealkylation sites (N-methyl/N-ethyl adjacent to an activating group) is 1. The molecule has 0 aliphatic heterocycles. The van der Waals surface area contributed by atoms with E-state index in [-0.39, 0.29) is 5.57 Å². The van der Waals surface area contributed by atoms with Gasteiger partial charge in [0, 0.05) is 18.2 Å². The molecule has 1 amide bonds. The molecule has 2 rings (SSSR count). The molecule has 0 unspecified atom stereocenters. The van der Waals surface area contributed by atoms with Crippen molar-refractivity contribution in [2.24, 2.45) is 0 Å². The lowest BCUT2D eigenvalue weighted by molar-refractivity contribution is -0.115. The molecule has 2 aromatic rings. The molecule has 23 heavy (non-hydrogen) atoms. The standard InChI is InChI=1S/C19H16FNO2/c1-14(13-22)19(23)21(2)18-11-10-17(20)12-16(18)9-8-15-6-4-3-5-7-15/h3-7,10-12,22H,1,13H2,2H3. The molecule has 0 spiro atoms. The van der Waals surface area contributed by atoms with Crippen LogP contribution in [0.2, 0.25) is 0 Å². The summed E-state index contributed by atoms with van der Waals surface area (Å²) in [5, 5.41) is 9.03. The van der Waals surface area contributed by atoms with Gasteiger partial charge in [0.15, 0.2) is 0 Å². The fourth-order valence-corrected chi connectivity index (χ4v) is 1.98. The molecule has 3 nitrogen and oxygen atoms in total. The number of aliphatic hydroxyl groups excluding tert-OH is 1. The minimum absolute atomic E-state index is 0.0544. The van der Waals surface area contributed by atoms with Gasteiger partial charge in [0.2, 0.25) is 0 Å². The molecule has 0 heterocycles. The van der Waals surface area contributed by atoms with Gasteiger partial charge >= 0.3 is 0 Å². The molecule has 4 heteroatoms. The van der Waals surface area contributed by atoms with E-state index in [1.165, 1.54) is 30.1 Å². The molecule has 2 aromatic carbocycles. The Morgan fingerprint density at radius 3 is 2.57 bits per heavy atom. The smallest absolute Gasteiger partial charge is 0.255 e. The van der Waals surface area contributed by atoms with E-state index in [4.69, 9.17) is 5.11 Å². The fourth-order valence-electron chi connectivity index (χ4n) is 1.98. The van der Waals surface area contributed by atoms with Crippen LogP contribution >= 0.6 is 0 Å². The Hall–Kier alpha value is -2.90. The van der Waals surface area contributed by atoms with E-state index in [9.17, 15) is 9.18 Å². The van der Waals surface area contributed by atoms with Crippen LogP contribution < -0.4 is 4.90 Å². The number of nitrogens with zero attached hydrogens (tertiary/aromatic N) is 1. The van der Waals surface area contributed by atoms with Gasteiger partial charge in [-0.25, -0.2) is 4.39 Å². The second-order valence-electron chi connectivity index (χ2n) is 4.90. The highest BCUT2D eigenvalue weighted by molar-refractivity contribution is 6.05. The van der Waals surface area contributed by atoms with E-state index in [0.717, 1.165) is 5.56 Å². The molecule has 0 bridgehead atoms. The van der Waals surface area contributed by atoms with Gasteiger partial charge in [-0.1, -0.05) is 36.6 Å². The van der Waals surface area contributed by atoms with Crippen molar-refractivity contribution in [1.82, 2.24) is 0 Å². The van der Waals surface area contributed by atoms with Crippen LogP contribution in [0.1, 0.15) is 11.1 Å². The Bertz CT molecular complexity index is 788. The lowest BCUT2D eigenvalue weighted by Gasteiger charge is -2.19. The number of anilines is 1. The number of hydrogen-bond acceptors (Lipinski definition) is 2. The maximum absolute atomic E-state index is 13.5. The van der Waals surface area contributed by atoms with E-state index in [2.05, 4.69) is 18.4 Å². The van der Waals surface area contributed by atoms with Crippen molar-refractivity contribution in [2.45, 2.75) is 0 Å². The predicted octanol–water partition coefficient (Wildman–Crippen LogP) is 2.74. The number of halogens is 1. The van der Waals surface area contributed by atoms with Gasteiger partial charge in [0.05, 0.1) is 17.9 Å². The number of carbonyl (C=O) groups excluding carboxylic acids is 1. The van der Waals surface area contributed by atoms with E-state index < -0.39 is 18.3 Å². The van der Waals surface area contributed by atoms with Gasteiger partial charge in [-0.3, -0.25) is 4.79 Å². The number of rotatable bonds is 3. The molecule has 0 atom stereocenters. The first-order valence-corrected chi connectivity index (χ1v) is 6.96. The molecular formula is C19H16FNO2. The monoisotopic (exact) mass is 309 g/mol. The zero-order chi connectivity index (χ0) is 16.8. The summed E-state index contributed by atoms with van der Waals surface area (Å²) in [5.74, 6) is 4.95. The Kier molecular flexibility index (Phi) is 5.29. The maximum Gasteiger partial charge on any atom is 0.255 e. The first-order chi connectivity index (χ1) is 11.0. The van der Waals surface area contributed by atoms with Crippen LogP contribution in [0.4, 0.5) is 10.1 Å². The largest absolute Gasteiger partial charge is 0.391 e. The van der Waals surface area contributed by atoms with Crippen molar-refractivity contribution in [1.29, 1.82) is 0 Å². The molecule has 1 N–H and O–H groups in total. The Balaban J connectivity index is 2.41. The van der Waals surface area contributed by atoms with Crippen LogP contribution in [0.25, 0.3) is 0 Å². The van der Waals surface area contributed by atoms with Crippen molar-refractivity contribution in [3.63, 3.8) is 0 Å². The molecule has 0 aliphatic rings. The van der Waals surface area contributed by atoms with Crippen molar-refractivity contribution in [3.05, 3.63) is 77.6 Å². The van der Waals surface area contributed by atoms with Gasteiger partial charge in [-0.2, -0.15) is 0 Å². The van der Waals surface area contributed by atoms with Gasteiger partial charge in [-0.15, -0.1) is 0 Å². The van der Waals surface area contributed by atoms with Crippen molar-refractivity contribution in [2.75, 3.05) is 18.6 Å². The third kappa shape index (κ3) is 4.06. The molecular weight excluding hydrogens is 293 g/mol. The number of carbonyl (C=O) groups is 1. The molecule has 0 radical (unpaired) electrons. The van der Waals surface area contributed by atoms with E-state index in [0.29, 0.717) is 11.3 Å². The Labute approximate surface area is 134 Å². The van der Waals surface area contributed by atoms with Crippen LogP contribution in [0.15, 0.2) is 60.7 Å². The second kappa shape index (κ2) is 7.39. The second-order valence-corrected chi connectivity index (χ2v) is 4.90. The molecule has 0 aromatic heterocycles. The summed E-state index contributed by atoms with van der Waals surface area (Å²) in [6.07, 6.45) is 0. The number of benzene rings is 2. The average molecular weight is 309 g/mol. The molecule has 0 saturated carbocycles. The van der Waals surface area contributed by atoms with Crippen molar-refractivity contribution < 1.29 is 14.3 Å². The number of hydrogen-bond donors (Lipinski definition) is 1. The van der Waals surface area contributed by atoms with Crippen LogP contribution in [-0.2, 0) is 4.79 Å². The van der Waals surface area contributed by atoms with Crippen LogP contribution in [0.3, 0.4) is 0 Å². The minimum Gasteiger partial charge on any atom is -0.391 e. The summed E-state index contributed by atoms with van der Waals surface area (Å²) in [4.78, 5) is 13.4. The zero-order valence-corrected chi connectivity index (χ0v) is 12.7. The van der Waals surface area contributed by atoms with E-state index >= 15 is 0 Å². The quantitative estimate of drug-likeness (QED) is 0.699. The van der Waals surface area contributed by atoms with Gasteiger partial charge in [-0.05, 0) is 30.3 Å². The van der Waals surface area contributed by atoms with Gasteiger partial charge in [0.25, 0.3) is 5.91 Å². The summed E-state index contributed by atoms with van der Waals surface area (Å²) < 4.78 is 13.5. The van der Waals surface area contributed by atoms with Gasteiger partial charge < -0.3 is 10.0 Å². The number of aliphatic hydroxyl groups is 1. The molecule has 0 fully saturated rings. The molecule has 0 aliphatic carbocycles. The van der Waals surface area contributed by atoms with E-state index in [1.807, 2.05) is 30.3 Å². The van der Waals surface area contributed by atoms with E-state index in [1.54, 1.807) is 0 Å². The van der Waals surface area contributed by atoms with Crippen molar-refractivity contribution >= 4 is 11.6 Å². The third-order valence-electron chi connectivity index (χ3n) is 3.23. The number of amides is 1. The topological polar surface area (TPSA) is 40.5 Å². The third-order valence-corrected chi connectivity index (χ3v) is 3.23. The predicted molar refractivity (Wildman–Crippen MR) is 88.5 cm³/mol. The Morgan fingerprint density at radius 1 is 1.22 bits per heavy atom. The summed E-state index contributed by atoms with van der Waals surface area (Å²) >= 11 is 0. The normalized spacial score (nSPS) is 9.70. The van der Waals surface area contributed by atoms with Crippen molar-refractivity contribution in [3.8, 4) is 11.8 Å². The highest BCUT2D eigenvalue weighted by Gasteiger charge is 2.16.